The minimum absolute atomic E-state index is 0.0166. The molecular formula is C23H28FN3O3S. The van der Waals surface area contributed by atoms with Gasteiger partial charge in [0.05, 0.1) is 10.6 Å². The van der Waals surface area contributed by atoms with Crippen LogP contribution >= 0.6 is 0 Å². The maximum absolute atomic E-state index is 13.5. The number of ether oxygens (including phenoxy) is 1. The minimum Gasteiger partial charge on any atom is -0.474 e. The molecule has 1 saturated carbocycles. The Balaban J connectivity index is 1.22. The molecule has 8 heteroatoms. The molecule has 1 aromatic carbocycles. The Morgan fingerprint density at radius 3 is 2.55 bits per heavy atom. The number of likely N-dealkylation sites (tertiary alicyclic amines) is 1. The second-order valence-corrected chi connectivity index (χ2v) is 10.7. The summed E-state index contributed by atoms with van der Waals surface area (Å²) >= 11 is 0. The third-order valence-electron chi connectivity index (χ3n) is 6.78. The Bertz CT molecular complexity index is 1050. The van der Waals surface area contributed by atoms with Gasteiger partial charge in [0.2, 0.25) is 15.9 Å². The number of fused-ring (bicyclic) bond motifs is 1. The summed E-state index contributed by atoms with van der Waals surface area (Å²) in [5, 5.41) is 0. The number of pyridine rings is 1. The standard InChI is InChI=1S/C23H28FN3O3S/c24-18-3-1-6-21(15-18)31(28,29)27-14-11-22-17(16-27)7-8-23(25-22)30-20-9-12-26(13-10-20)19-4-2-5-19/h1,3,6-8,15,19-20H,2,4-5,9-14,16H2. The van der Waals surface area contributed by atoms with Crippen molar-refractivity contribution in [1.82, 2.24) is 14.2 Å². The van der Waals surface area contributed by atoms with Crippen molar-refractivity contribution in [2.24, 2.45) is 0 Å². The molecule has 6 nitrogen and oxygen atoms in total. The van der Waals surface area contributed by atoms with Gasteiger partial charge in [0.15, 0.2) is 0 Å². The Morgan fingerprint density at radius 2 is 1.84 bits per heavy atom. The molecule has 1 aromatic heterocycles. The van der Waals surface area contributed by atoms with Crippen molar-refractivity contribution in [2.45, 2.75) is 62.1 Å². The molecule has 0 radical (unpaired) electrons. The van der Waals surface area contributed by atoms with Crippen molar-refractivity contribution in [3.05, 3.63) is 53.5 Å². The molecule has 0 amide bonds. The van der Waals surface area contributed by atoms with Crippen molar-refractivity contribution >= 4 is 10.0 Å². The summed E-state index contributed by atoms with van der Waals surface area (Å²) in [5.74, 6) is 0.0720. The summed E-state index contributed by atoms with van der Waals surface area (Å²) in [6.07, 6.45) is 6.79. The molecule has 0 bridgehead atoms. The first kappa shape index (κ1) is 20.8. The zero-order valence-corrected chi connectivity index (χ0v) is 18.4. The highest BCUT2D eigenvalue weighted by Gasteiger charge is 2.31. The maximum atomic E-state index is 13.5. The molecule has 1 saturated heterocycles. The topological polar surface area (TPSA) is 62.7 Å². The number of piperidine rings is 1. The van der Waals surface area contributed by atoms with Gasteiger partial charge in [-0.05, 0) is 49.4 Å². The normalized spacial score (nSPS) is 21.5. The number of hydrogen-bond donors (Lipinski definition) is 0. The molecule has 2 aliphatic heterocycles. The lowest BCUT2D eigenvalue weighted by molar-refractivity contribution is 0.0474. The van der Waals surface area contributed by atoms with Crippen molar-refractivity contribution in [1.29, 1.82) is 0 Å². The number of aromatic nitrogens is 1. The van der Waals surface area contributed by atoms with Gasteiger partial charge in [-0.25, -0.2) is 17.8 Å². The van der Waals surface area contributed by atoms with Crippen molar-refractivity contribution in [3.8, 4) is 5.88 Å². The van der Waals surface area contributed by atoms with E-state index in [9.17, 15) is 12.8 Å². The van der Waals surface area contributed by atoms with E-state index in [-0.39, 0.29) is 17.5 Å². The summed E-state index contributed by atoms with van der Waals surface area (Å²) in [6.45, 7) is 2.74. The number of halogens is 1. The van der Waals surface area contributed by atoms with Crippen LogP contribution in [0.2, 0.25) is 0 Å². The Hall–Kier alpha value is -2.03. The molecule has 2 aromatic rings. The zero-order valence-electron chi connectivity index (χ0n) is 17.5. The second kappa shape index (κ2) is 8.48. The van der Waals surface area contributed by atoms with Gasteiger partial charge in [-0.3, -0.25) is 0 Å². The first-order chi connectivity index (χ1) is 15.0. The molecular weight excluding hydrogens is 417 g/mol. The van der Waals surface area contributed by atoms with Crippen LogP contribution in [-0.4, -0.2) is 54.4 Å². The lowest BCUT2D eigenvalue weighted by atomic mass is 9.90. The van der Waals surface area contributed by atoms with Crippen LogP contribution in [-0.2, 0) is 23.0 Å². The summed E-state index contributed by atoms with van der Waals surface area (Å²) < 4.78 is 46.8. The summed E-state index contributed by atoms with van der Waals surface area (Å²) in [7, 11) is -3.74. The van der Waals surface area contributed by atoms with Crippen LogP contribution < -0.4 is 4.74 Å². The fourth-order valence-electron chi connectivity index (χ4n) is 4.70. The predicted octanol–water partition coefficient (Wildman–Crippen LogP) is 3.36. The van der Waals surface area contributed by atoms with E-state index in [0.717, 1.165) is 49.3 Å². The Morgan fingerprint density at radius 1 is 1.03 bits per heavy atom. The monoisotopic (exact) mass is 445 g/mol. The molecule has 1 aliphatic carbocycles. The van der Waals surface area contributed by atoms with E-state index in [0.29, 0.717) is 18.8 Å². The van der Waals surface area contributed by atoms with Gasteiger partial charge in [-0.1, -0.05) is 18.6 Å². The van der Waals surface area contributed by atoms with E-state index in [1.165, 1.54) is 41.8 Å². The third kappa shape index (κ3) is 4.33. The largest absolute Gasteiger partial charge is 0.474 e. The van der Waals surface area contributed by atoms with Crippen LogP contribution in [0.4, 0.5) is 4.39 Å². The average molecular weight is 446 g/mol. The molecule has 5 rings (SSSR count). The molecule has 3 aliphatic rings. The van der Waals surface area contributed by atoms with Crippen molar-refractivity contribution < 1.29 is 17.5 Å². The zero-order chi connectivity index (χ0) is 21.4. The van der Waals surface area contributed by atoms with Crippen LogP contribution in [0, 0.1) is 5.82 Å². The summed E-state index contributed by atoms with van der Waals surface area (Å²) in [4.78, 5) is 7.25. The Labute approximate surface area is 183 Å². The Kier molecular flexibility index (Phi) is 5.71. The van der Waals surface area contributed by atoms with E-state index < -0.39 is 15.8 Å². The molecule has 31 heavy (non-hydrogen) atoms. The molecule has 166 valence electrons. The maximum Gasteiger partial charge on any atom is 0.243 e. The highest BCUT2D eigenvalue weighted by Crippen LogP contribution is 2.29. The predicted molar refractivity (Wildman–Crippen MR) is 115 cm³/mol. The van der Waals surface area contributed by atoms with E-state index in [1.807, 2.05) is 12.1 Å². The molecule has 0 N–H and O–H groups in total. The molecule has 0 spiro atoms. The van der Waals surface area contributed by atoms with Gasteiger partial charge < -0.3 is 9.64 Å². The van der Waals surface area contributed by atoms with Crippen LogP contribution in [0.15, 0.2) is 41.3 Å². The van der Waals surface area contributed by atoms with E-state index in [4.69, 9.17) is 4.74 Å². The summed E-state index contributed by atoms with van der Waals surface area (Å²) in [6, 6.07) is 9.70. The van der Waals surface area contributed by atoms with Crippen LogP contribution in [0.5, 0.6) is 5.88 Å². The average Bonchev–Trinajstić information content (AvgIpc) is 2.73. The first-order valence-electron chi connectivity index (χ1n) is 11.1. The van der Waals surface area contributed by atoms with E-state index in [1.54, 1.807) is 0 Å². The number of hydrogen-bond acceptors (Lipinski definition) is 5. The fraction of sp³-hybridized carbons (Fsp3) is 0.522. The molecule has 2 fully saturated rings. The van der Waals surface area contributed by atoms with Gasteiger partial charge >= 0.3 is 0 Å². The van der Waals surface area contributed by atoms with Crippen molar-refractivity contribution in [3.63, 3.8) is 0 Å². The SMILES string of the molecule is O=S(=O)(c1cccc(F)c1)N1CCc2nc(OC3CCN(C4CCC4)CC3)ccc2C1. The highest BCUT2D eigenvalue weighted by atomic mass is 32.2. The fourth-order valence-corrected chi connectivity index (χ4v) is 6.15. The van der Waals surface area contributed by atoms with Crippen LogP contribution in [0.3, 0.4) is 0 Å². The first-order valence-corrected chi connectivity index (χ1v) is 12.6. The third-order valence-corrected chi connectivity index (χ3v) is 8.62. The summed E-state index contributed by atoms with van der Waals surface area (Å²) in [5.41, 5.74) is 1.76. The molecule has 0 unspecified atom stereocenters. The van der Waals surface area contributed by atoms with Gasteiger partial charge in [0, 0.05) is 44.7 Å². The van der Waals surface area contributed by atoms with Crippen molar-refractivity contribution in [2.75, 3.05) is 19.6 Å². The highest BCUT2D eigenvalue weighted by molar-refractivity contribution is 7.89. The number of sulfonamides is 1. The van der Waals surface area contributed by atoms with Gasteiger partial charge in [-0.15, -0.1) is 0 Å². The van der Waals surface area contributed by atoms with Gasteiger partial charge in [0.25, 0.3) is 0 Å². The molecule has 0 atom stereocenters. The lowest BCUT2D eigenvalue weighted by Gasteiger charge is -2.41. The smallest absolute Gasteiger partial charge is 0.243 e. The van der Waals surface area contributed by atoms with E-state index >= 15 is 0 Å². The minimum atomic E-state index is -3.74. The number of rotatable bonds is 5. The second-order valence-electron chi connectivity index (χ2n) is 8.74. The van der Waals surface area contributed by atoms with Crippen LogP contribution in [0.25, 0.3) is 0 Å². The van der Waals surface area contributed by atoms with Crippen LogP contribution in [0.1, 0.15) is 43.4 Å². The number of benzene rings is 1. The van der Waals surface area contributed by atoms with Gasteiger partial charge in [0.1, 0.15) is 11.9 Å². The molecule has 3 heterocycles. The number of nitrogens with zero attached hydrogens (tertiary/aromatic N) is 3. The lowest BCUT2D eigenvalue weighted by Crippen LogP contribution is -2.46. The van der Waals surface area contributed by atoms with E-state index in [2.05, 4.69) is 9.88 Å². The quantitative estimate of drug-likeness (QED) is 0.706. The van der Waals surface area contributed by atoms with Gasteiger partial charge in [-0.2, -0.15) is 4.31 Å².